The van der Waals surface area contributed by atoms with Crippen molar-refractivity contribution >= 4 is 16.7 Å². The van der Waals surface area contributed by atoms with Gasteiger partial charge in [-0.1, -0.05) is 19.8 Å². The minimum absolute atomic E-state index is 0.105. The third kappa shape index (κ3) is 3.77. The second-order valence-electron chi connectivity index (χ2n) is 6.61. The molecule has 5 nitrogen and oxygen atoms in total. The van der Waals surface area contributed by atoms with Crippen molar-refractivity contribution in [2.24, 2.45) is 5.92 Å². The van der Waals surface area contributed by atoms with Gasteiger partial charge in [0.1, 0.15) is 6.10 Å². The molecular formula is C16H25N3O2S. The third-order valence-electron chi connectivity index (χ3n) is 4.87. The predicted octanol–water partition coefficient (Wildman–Crippen LogP) is 2.64. The number of rotatable bonds is 3. The van der Waals surface area contributed by atoms with Crippen LogP contribution >= 0.6 is 0 Å². The van der Waals surface area contributed by atoms with Crippen LogP contribution in [0, 0.1) is 5.92 Å². The van der Waals surface area contributed by atoms with Crippen LogP contribution in [-0.2, 0) is 10.8 Å². The lowest BCUT2D eigenvalue weighted by Gasteiger charge is -2.29. The predicted molar refractivity (Wildman–Crippen MR) is 88.3 cm³/mol. The van der Waals surface area contributed by atoms with Crippen LogP contribution < -0.4 is 10.5 Å². The molecule has 2 N–H and O–H groups in total. The highest BCUT2D eigenvalue weighted by atomic mass is 32.2. The highest BCUT2D eigenvalue weighted by Crippen LogP contribution is 2.39. The molecule has 3 rings (SSSR count). The van der Waals surface area contributed by atoms with E-state index in [9.17, 15) is 4.21 Å². The first kappa shape index (κ1) is 15.7. The Morgan fingerprint density at radius 3 is 2.55 bits per heavy atom. The largest absolute Gasteiger partial charge is 0.474 e. The van der Waals surface area contributed by atoms with Gasteiger partial charge in [0.25, 0.3) is 0 Å². The fraction of sp³-hybridized carbons (Fsp3) is 0.750. The molecule has 1 saturated heterocycles. The van der Waals surface area contributed by atoms with Crippen LogP contribution in [0.3, 0.4) is 0 Å². The van der Waals surface area contributed by atoms with E-state index in [0.717, 1.165) is 35.8 Å². The maximum absolute atomic E-state index is 11.5. The standard InChI is InChI=1S/C16H25N3O2S/c1-11-2-4-12(5-3-11)14-10-18-16(17)19-15(14)21-13-6-8-22(20)9-7-13/h10-13H,2-9H2,1H3,(H2,17,18,19). The molecule has 2 heterocycles. The van der Waals surface area contributed by atoms with Crippen LogP contribution in [0.5, 0.6) is 5.88 Å². The number of nitrogens with two attached hydrogens (primary N) is 1. The number of aromatic nitrogens is 2. The fourth-order valence-corrected chi connectivity index (χ4v) is 4.64. The Hall–Kier alpha value is -1.17. The Kier molecular flexibility index (Phi) is 4.96. The second kappa shape index (κ2) is 6.94. The zero-order valence-electron chi connectivity index (χ0n) is 13.2. The van der Waals surface area contributed by atoms with Crippen molar-refractivity contribution in [3.05, 3.63) is 11.8 Å². The van der Waals surface area contributed by atoms with E-state index in [4.69, 9.17) is 10.5 Å². The van der Waals surface area contributed by atoms with Crippen molar-refractivity contribution in [3.8, 4) is 5.88 Å². The molecule has 2 fully saturated rings. The molecular weight excluding hydrogens is 298 g/mol. The quantitative estimate of drug-likeness (QED) is 0.925. The van der Waals surface area contributed by atoms with E-state index in [2.05, 4.69) is 16.9 Å². The molecule has 0 aromatic carbocycles. The van der Waals surface area contributed by atoms with Gasteiger partial charge in [0, 0.05) is 34.1 Å². The van der Waals surface area contributed by atoms with Crippen molar-refractivity contribution in [3.63, 3.8) is 0 Å². The number of anilines is 1. The molecule has 22 heavy (non-hydrogen) atoms. The summed E-state index contributed by atoms with van der Waals surface area (Å²) in [4.78, 5) is 8.53. The molecule has 0 spiro atoms. The van der Waals surface area contributed by atoms with Crippen molar-refractivity contribution < 1.29 is 8.95 Å². The van der Waals surface area contributed by atoms with Crippen LogP contribution in [0.15, 0.2) is 6.20 Å². The van der Waals surface area contributed by atoms with Gasteiger partial charge in [-0.3, -0.25) is 4.21 Å². The van der Waals surface area contributed by atoms with Crippen molar-refractivity contribution in [2.75, 3.05) is 17.2 Å². The molecule has 1 aromatic rings. The van der Waals surface area contributed by atoms with Crippen LogP contribution in [0.2, 0.25) is 0 Å². The number of hydrogen-bond acceptors (Lipinski definition) is 5. The topological polar surface area (TPSA) is 78.1 Å². The summed E-state index contributed by atoms with van der Waals surface area (Å²) in [6, 6.07) is 0. The monoisotopic (exact) mass is 323 g/mol. The van der Waals surface area contributed by atoms with Gasteiger partial charge in [-0.05, 0) is 37.5 Å². The average molecular weight is 323 g/mol. The first-order chi connectivity index (χ1) is 10.6. The Morgan fingerprint density at radius 2 is 1.86 bits per heavy atom. The first-order valence-electron chi connectivity index (χ1n) is 8.26. The summed E-state index contributed by atoms with van der Waals surface area (Å²) in [6.45, 7) is 2.31. The number of hydrogen-bond donors (Lipinski definition) is 1. The Bertz CT molecular complexity index is 534. The maximum Gasteiger partial charge on any atom is 0.223 e. The van der Waals surface area contributed by atoms with Crippen LogP contribution in [0.4, 0.5) is 5.95 Å². The van der Waals surface area contributed by atoms with Crippen LogP contribution in [0.1, 0.15) is 56.9 Å². The zero-order valence-corrected chi connectivity index (χ0v) is 14.0. The van der Waals surface area contributed by atoms with Gasteiger partial charge >= 0.3 is 0 Å². The van der Waals surface area contributed by atoms with E-state index in [-0.39, 0.29) is 12.1 Å². The van der Waals surface area contributed by atoms with Gasteiger partial charge < -0.3 is 10.5 Å². The SMILES string of the molecule is CC1CCC(c2cnc(N)nc2OC2CCS(=O)CC2)CC1. The van der Waals surface area contributed by atoms with Gasteiger partial charge in [-0.25, -0.2) is 4.98 Å². The van der Waals surface area contributed by atoms with Crippen molar-refractivity contribution in [1.29, 1.82) is 0 Å². The fourth-order valence-electron chi connectivity index (χ4n) is 3.38. The van der Waals surface area contributed by atoms with Gasteiger partial charge in [-0.2, -0.15) is 4.98 Å². The highest BCUT2D eigenvalue weighted by Gasteiger charge is 2.26. The molecule has 122 valence electrons. The summed E-state index contributed by atoms with van der Waals surface area (Å²) in [7, 11) is -0.674. The molecule has 0 radical (unpaired) electrons. The first-order valence-corrected chi connectivity index (χ1v) is 9.74. The van der Waals surface area contributed by atoms with Crippen molar-refractivity contribution in [2.45, 2.75) is 57.5 Å². The average Bonchev–Trinajstić information content (AvgIpc) is 2.51. The summed E-state index contributed by atoms with van der Waals surface area (Å²) in [5.41, 5.74) is 6.86. The molecule has 0 bridgehead atoms. The van der Waals surface area contributed by atoms with Crippen LogP contribution in [-0.4, -0.2) is 31.8 Å². The van der Waals surface area contributed by atoms with E-state index in [1.165, 1.54) is 25.7 Å². The highest BCUT2D eigenvalue weighted by molar-refractivity contribution is 7.85. The lowest BCUT2D eigenvalue weighted by Crippen LogP contribution is -2.28. The number of nitrogens with zero attached hydrogens (tertiary/aromatic N) is 2. The number of nitrogen functional groups attached to an aromatic ring is 1. The zero-order chi connectivity index (χ0) is 15.5. The van der Waals surface area contributed by atoms with E-state index in [1.54, 1.807) is 0 Å². The van der Waals surface area contributed by atoms with Gasteiger partial charge in [0.2, 0.25) is 11.8 Å². The summed E-state index contributed by atoms with van der Waals surface area (Å²) < 4.78 is 17.6. The molecule has 2 aliphatic rings. The third-order valence-corrected chi connectivity index (χ3v) is 6.25. The molecule has 1 aliphatic carbocycles. The number of ether oxygens (including phenoxy) is 1. The molecule has 1 saturated carbocycles. The van der Waals surface area contributed by atoms with Crippen LogP contribution in [0.25, 0.3) is 0 Å². The van der Waals surface area contributed by atoms with E-state index in [0.29, 0.717) is 11.8 Å². The second-order valence-corrected chi connectivity index (χ2v) is 8.31. The Labute approximate surface area is 134 Å². The molecule has 0 amide bonds. The molecule has 1 aromatic heterocycles. The Balaban J connectivity index is 1.74. The summed E-state index contributed by atoms with van der Waals surface area (Å²) >= 11 is 0. The van der Waals surface area contributed by atoms with E-state index in [1.807, 2.05) is 6.20 Å². The molecule has 0 atom stereocenters. The Morgan fingerprint density at radius 1 is 1.18 bits per heavy atom. The minimum atomic E-state index is -0.674. The summed E-state index contributed by atoms with van der Waals surface area (Å²) in [6.07, 6.45) is 8.44. The van der Waals surface area contributed by atoms with Gasteiger partial charge in [0.15, 0.2) is 0 Å². The smallest absolute Gasteiger partial charge is 0.223 e. The van der Waals surface area contributed by atoms with Crippen molar-refractivity contribution in [1.82, 2.24) is 9.97 Å². The minimum Gasteiger partial charge on any atom is -0.474 e. The molecule has 1 aliphatic heterocycles. The lowest BCUT2D eigenvalue weighted by atomic mass is 9.80. The molecule has 6 heteroatoms. The van der Waals surface area contributed by atoms with E-state index >= 15 is 0 Å². The van der Waals surface area contributed by atoms with Gasteiger partial charge in [0.05, 0.1) is 0 Å². The summed E-state index contributed by atoms with van der Waals surface area (Å²) in [5, 5.41) is 0. The summed E-state index contributed by atoms with van der Waals surface area (Å²) in [5.74, 6) is 3.66. The van der Waals surface area contributed by atoms with E-state index < -0.39 is 10.8 Å². The molecule has 0 unspecified atom stereocenters. The normalized spacial score (nSPS) is 32.6. The lowest BCUT2D eigenvalue weighted by molar-refractivity contribution is 0.178. The maximum atomic E-state index is 11.5. The van der Waals surface area contributed by atoms with Gasteiger partial charge in [-0.15, -0.1) is 0 Å².